The molecule has 0 saturated heterocycles. The number of pyridine rings is 2. The average Bonchev–Trinajstić information content (AvgIpc) is 2.41. The Morgan fingerprint density at radius 1 is 1.10 bits per heavy atom. The molecule has 0 saturated carbocycles. The van der Waals surface area contributed by atoms with E-state index in [0.29, 0.717) is 12.3 Å². The number of anilines is 1. The molecule has 1 amide bonds. The van der Waals surface area contributed by atoms with E-state index in [1.54, 1.807) is 0 Å². The summed E-state index contributed by atoms with van der Waals surface area (Å²) in [5.41, 5.74) is -1.79. The monoisotopic (exact) mass is 303 g/mol. The van der Waals surface area contributed by atoms with Crippen molar-refractivity contribution in [2.45, 2.75) is 6.18 Å². The van der Waals surface area contributed by atoms with Crippen LogP contribution in [-0.2, 0) is 6.18 Å². The van der Waals surface area contributed by atoms with Gasteiger partial charge in [0.2, 0.25) is 11.9 Å². The molecule has 21 heavy (non-hydrogen) atoms. The van der Waals surface area contributed by atoms with Crippen molar-refractivity contribution in [2.75, 3.05) is 5.32 Å². The molecule has 2 rings (SSSR count). The minimum Gasteiger partial charge on any atom is -0.317 e. The molecule has 0 aromatic carbocycles. The van der Waals surface area contributed by atoms with E-state index < -0.39 is 35.2 Å². The third kappa shape index (κ3) is 3.50. The van der Waals surface area contributed by atoms with E-state index >= 15 is 0 Å². The highest BCUT2D eigenvalue weighted by Crippen LogP contribution is 2.28. The van der Waals surface area contributed by atoms with Gasteiger partial charge in [0.15, 0.2) is 0 Å². The molecule has 2 aromatic heterocycles. The zero-order chi connectivity index (χ0) is 15.6. The molecule has 1 N–H and O–H groups in total. The van der Waals surface area contributed by atoms with Gasteiger partial charge in [-0.2, -0.15) is 26.9 Å². The van der Waals surface area contributed by atoms with Gasteiger partial charge in [0.25, 0.3) is 5.91 Å². The van der Waals surface area contributed by atoms with Gasteiger partial charge < -0.3 is 5.32 Å². The largest absolute Gasteiger partial charge is 0.417 e. The number of nitrogens with one attached hydrogen (secondary N) is 1. The van der Waals surface area contributed by atoms with E-state index in [1.165, 1.54) is 0 Å². The molecular weight excluding hydrogens is 297 g/mol. The van der Waals surface area contributed by atoms with E-state index in [1.807, 2.05) is 5.32 Å². The van der Waals surface area contributed by atoms with Crippen molar-refractivity contribution < 1.29 is 26.7 Å². The number of amides is 1. The summed E-state index contributed by atoms with van der Waals surface area (Å²) in [6, 6.07) is 3.26. The van der Waals surface area contributed by atoms with Gasteiger partial charge in [-0.1, -0.05) is 0 Å². The van der Waals surface area contributed by atoms with Gasteiger partial charge in [-0.05, 0) is 24.3 Å². The average molecular weight is 303 g/mol. The van der Waals surface area contributed by atoms with Crippen LogP contribution in [0.2, 0.25) is 0 Å². The summed E-state index contributed by atoms with van der Waals surface area (Å²) >= 11 is 0. The summed E-state index contributed by atoms with van der Waals surface area (Å²) in [5, 5.41) is 2.03. The highest BCUT2D eigenvalue weighted by atomic mass is 19.4. The molecule has 0 aliphatic heterocycles. The van der Waals surface area contributed by atoms with Crippen LogP contribution in [0.15, 0.2) is 30.5 Å². The van der Waals surface area contributed by atoms with Crippen LogP contribution < -0.4 is 5.32 Å². The van der Waals surface area contributed by atoms with Gasteiger partial charge in [0.1, 0.15) is 5.69 Å². The van der Waals surface area contributed by atoms with Gasteiger partial charge in [-0.25, -0.2) is 0 Å². The van der Waals surface area contributed by atoms with Crippen LogP contribution in [-0.4, -0.2) is 15.9 Å². The lowest BCUT2D eigenvalue weighted by Gasteiger charge is -2.07. The van der Waals surface area contributed by atoms with E-state index in [0.717, 1.165) is 18.2 Å². The van der Waals surface area contributed by atoms with Gasteiger partial charge in [0, 0.05) is 6.20 Å². The van der Waals surface area contributed by atoms with Crippen molar-refractivity contribution in [1.29, 1.82) is 0 Å². The Balaban J connectivity index is 2.17. The second kappa shape index (κ2) is 5.43. The van der Waals surface area contributed by atoms with E-state index in [2.05, 4.69) is 9.97 Å². The second-order valence-electron chi connectivity index (χ2n) is 3.86. The number of alkyl halides is 3. The number of carbonyl (C=O) groups is 1. The molecule has 0 aliphatic carbocycles. The third-order valence-corrected chi connectivity index (χ3v) is 2.39. The normalized spacial score (nSPS) is 11.3. The van der Waals surface area contributed by atoms with Crippen LogP contribution in [0, 0.1) is 11.9 Å². The molecule has 2 aromatic rings. The molecule has 4 nitrogen and oxygen atoms in total. The van der Waals surface area contributed by atoms with Crippen LogP contribution in [0.5, 0.6) is 0 Å². The summed E-state index contributed by atoms with van der Waals surface area (Å²) in [6.45, 7) is 0. The fourth-order valence-electron chi connectivity index (χ4n) is 1.39. The summed E-state index contributed by atoms with van der Waals surface area (Å²) in [5.74, 6) is -3.27. The Morgan fingerprint density at radius 2 is 1.81 bits per heavy atom. The Kier molecular flexibility index (Phi) is 3.83. The molecule has 0 atom stereocenters. The van der Waals surface area contributed by atoms with Crippen molar-refractivity contribution in [3.63, 3.8) is 0 Å². The molecule has 0 aliphatic rings. The first-order valence-electron chi connectivity index (χ1n) is 5.44. The van der Waals surface area contributed by atoms with Gasteiger partial charge in [-0.15, -0.1) is 0 Å². The standard InChI is InChI=1S/C12H6F5N3O/c13-9-4-3-7(10(14)20-9)19-11(21)8-2-1-6(5-18-8)12(15,16)17/h1-5H,(H,19,21). The van der Waals surface area contributed by atoms with Crippen molar-refractivity contribution in [1.82, 2.24) is 9.97 Å². The minimum atomic E-state index is -4.57. The molecule has 0 bridgehead atoms. The second-order valence-corrected chi connectivity index (χ2v) is 3.86. The van der Waals surface area contributed by atoms with E-state index in [9.17, 15) is 26.7 Å². The number of hydrogen-bond donors (Lipinski definition) is 1. The zero-order valence-corrected chi connectivity index (χ0v) is 10.1. The number of nitrogens with zero attached hydrogens (tertiary/aromatic N) is 2. The van der Waals surface area contributed by atoms with E-state index in [-0.39, 0.29) is 5.69 Å². The molecule has 110 valence electrons. The van der Waals surface area contributed by atoms with Crippen molar-refractivity contribution >= 4 is 11.6 Å². The van der Waals surface area contributed by atoms with Crippen LogP contribution in [0.3, 0.4) is 0 Å². The maximum Gasteiger partial charge on any atom is 0.417 e. The third-order valence-electron chi connectivity index (χ3n) is 2.39. The lowest BCUT2D eigenvalue weighted by molar-refractivity contribution is -0.137. The van der Waals surface area contributed by atoms with Gasteiger partial charge >= 0.3 is 6.18 Å². The molecule has 0 spiro atoms. The SMILES string of the molecule is O=C(Nc1ccc(F)nc1F)c1ccc(C(F)(F)F)cn1. The van der Waals surface area contributed by atoms with Crippen molar-refractivity contribution in [3.05, 3.63) is 53.6 Å². The minimum absolute atomic E-state index is 0.355. The highest BCUT2D eigenvalue weighted by Gasteiger charge is 2.30. The summed E-state index contributed by atoms with van der Waals surface area (Å²) in [4.78, 5) is 17.9. The summed E-state index contributed by atoms with van der Waals surface area (Å²) in [7, 11) is 0. The number of aromatic nitrogens is 2. The number of halogens is 5. The van der Waals surface area contributed by atoms with Crippen LogP contribution >= 0.6 is 0 Å². The molecule has 0 radical (unpaired) electrons. The topological polar surface area (TPSA) is 54.9 Å². The van der Waals surface area contributed by atoms with Gasteiger partial charge in [0.05, 0.1) is 11.3 Å². The van der Waals surface area contributed by atoms with Crippen LogP contribution in [0.4, 0.5) is 27.6 Å². The number of carbonyl (C=O) groups excluding carboxylic acids is 1. The number of rotatable bonds is 2. The van der Waals surface area contributed by atoms with E-state index in [4.69, 9.17) is 0 Å². The predicted octanol–water partition coefficient (Wildman–Crippen LogP) is 3.03. The molecular formula is C12H6F5N3O. The zero-order valence-electron chi connectivity index (χ0n) is 10.1. The quantitative estimate of drug-likeness (QED) is 0.685. The molecule has 9 heteroatoms. The maximum atomic E-state index is 13.2. The van der Waals surface area contributed by atoms with Crippen molar-refractivity contribution in [2.24, 2.45) is 0 Å². The van der Waals surface area contributed by atoms with Gasteiger partial charge in [-0.3, -0.25) is 9.78 Å². The number of hydrogen-bond acceptors (Lipinski definition) is 3. The maximum absolute atomic E-state index is 13.2. The predicted molar refractivity (Wildman–Crippen MR) is 61.3 cm³/mol. The van der Waals surface area contributed by atoms with Crippen LogP contribution in [0.1, 0.15) is 16.1 Å². The fourth-order valence-corrected chi connectivity index (χ4v) is 1.39. The first-order valence-corrected chi connectivity index (χ1v) is 5.44. The first kappa shape index (κ1) is 14.8. The highest BCUT2D eigenvalue weighted by molar-refractivity contribution is 6.02. The van der Waals surface area contributed by atoms with Crippen LogP contribution in [0.25, 0.3) is 0 Å². The summed E-state index contributed by atoms with van der Waals surface area (Å²) in [6.07, 6.45) is -4.09. The molecule has 2 heterocycles. The Bertz CT molecular complexity index is 670. The first-order chi connectivity index (χ1) is 9.77. The Hall–Kier alpha value is -2.58. The Labute approximate surface area is 114 Å². The lowest BCUT2D eigenvalue weighted by Crippen LogP contribution is -2.16. The fraction of sp³-hybridized carbons (Fsp3) is 0.0833. The molecule has 0 fully saturated rings. The molecule has 0 unspecified atom stereocenters. The summed E-state index contributed by atoms with van der Waals surface area (Å²) < 4.78 is 62.8. The van der Waals surface area contributed by atoms with Crippen molar-refractivity contribution in [3.8, 4) is 0 Å². The smallest absolute Gasteiger partial charge is 0.317 e. The lowest BCUT2D eigenvalue weighted by atomic mass is 10.2. The Morgan fingerprint density at radius 3 is 2.33 bits per heavy atom.